The average molecular weight is 374 g/mol. The Bertz CT molecular complexity index is 668. The minimum absolute atomic E-state index is 0.428. The van der Waals surface area contributed by atoms with Crippen LogP contribution in [0, 0.1) is 11.6 Å². The highest BCUT2D eigenvalue weighted by molar-refractivity contribution is 5.22. The second-order valence-electron chi connectivity index (χ2n) is 4.48. The van der Waals surface area contributed by atoms with Gasteiger partial charge in [-0.2, -0.15) is 8.78 Å². The van der Waals surface area contributed by atoms with E-state index in [4.69, 9.17) is 5.11 Å². The molecule has 0 saturated heterocycles. The van der Waals surface area contributed by atoms with Crippen LogP contribution in [0.4, 0.5) is 35.1 Å². The van der Waals surface area contributed by atoms with Gasteiger partial charge in [0.15, 0.2) is 0 Å². The van der Waals surface area contributed by atoms with Gasteiger partial charge in [0.25, 0.3) is 0 Å². The summed E-state index contributed by atoms with van der Waals surface area (Å²) < 4.78 is 100. The Balaban J connectivity index is 0.000000251. The van der Waals surface area contributed by atoms with Crippen LogP contribution in [0.1, 0.15) is 5.56 Å². The second kappa shape index (κ2) is 8.15. The van der Waals surface area contributed by atoms with Crippen molar-refractivity contribution < 1.29 is 45.0 Å². The summed E-state index contributed by atoms with van der Waals surface area (Å²) >= 11 is 0. The van der Waals surface area contributed by atoms with E-state index in [0.717, 1.165) is 18.2 Å². The van der Waals surface area contributed by atoms with Gasteiger partial charge in [-0.3, -0.25) is 0 Å². The van der Waals surface area contributed by atoms with E-state index < -0.39 is 41.6 Å². The van der Waals surface area contributed by atoms with Gasteiger partial charge in [-0.1, -0.05) is 6.07 Å². The summed E-state index contributed by atoms with van der Waals surface area (Å²) in [7, 11) is 0. The molecule has 0 heterocycles. The SMILES string of the molecule is Fc1ccc(C(F)(F)C(F)F)cc1.OC(F)(F)Oc1cccc(F)c1. The molecule has 1 N–H and O–H groups in total. The molecule has 0 unspecified atom stereocenters. The molecule has 0 saturated carbocycles. The number of aliphatic hydroxyl groups is 1. The first-order valence-electron chi connectivity index (χ1n) is 6.38. The van der Waals surface area contributed by atoms with Gasteiger partial charge in [0.1, 0.15) is 17.4 Å². The standard InChI is InChI=1S/C8H5F5.C7H5F3O2/c9-6-3-1-5(2-4-6)8(12,13)7(10)11;8-5-2-1-3-6(4-5)12-7(9,10)11/h1-4,7H;1-4,11H. The molecule has 0 bridgehead atoms. The molecule has 0 radical (unpaired) electrons. The number of ether oxygens (including phenoxy) is 1. The van der Waals surface area contributed by atoms with Crippen LogP contribution in [0.3, 0.4) is 0 Å². The minimum atomic E-state index is -4.27. The van der Waals surface area contributed by atoms with E-state index in [1.165, 1.54) is 6.07 Å². The first-order valence-corrected chi connectivity index (χ1v) is 6.38. The quantitative estimate of drug-likeness (QED) is 0.608. The van der Waals surface area contributed by atoms with Crippen LogP contribution in [0.2, 0.25) is 0 Å². The molecule has 138 valence electrons. The van der Waals surface area contributed by atoms with E-state index in [2.05, 4.69) is 4.74 Å². The number of alkyl halides is 6. The van der Waals surface area contributed by atoms with Gasteiger partial charge < -0.3 is 9.84 Å². The zero-order chi connectivity index (χ0) is 19.3. The lowest BCUT2D eigenvalue weighted by Crippen LogP contribution is -2.23. The normalized spacial score (nSPS) is 11.8. The highest BCUT2D eigenvalue weighted by Gasteiger charge is 2.42. The third-order valence-electron chi connectivity index (χ3n) is 2.54. The summed E-state index contributed by atoms with van der Waals surface area (Å²) in [5.41, 5.74) is -0.885. The third kappa shape index (κ3) is 6.96. The molecule has 0 spiro atoms. The molecular formula is C15H10F8O2. The Hall–Kier alpha value is -2.36. The van der Waals surface area contributed by atoms with Crippen molar-refractivity contribution in [1.29, 1.82) is 0 Å². The number of hydrogen-bond acceptors (Lipinski definition) is 2. The van der Waals surface area contributed by atoms with Crippen LogP contribution in [-0.4, -0.2) is 17.8 Å². The van der Waals surface area contributed by atoms with Crippen molar-refractivity contribution in [2.45, 2.75) is 18.6 Å². The smallest absolute Gasteiger partial charge is 0.409 e. The Morgan fingerprint density at radius 3 is 1.84 bits per heavy atom. The molecule has 2 rings (SSSR count). The van der Waals surface area contributed by atoms with Crippen molar-refractivity contribution in [2.75, 3.05) is 0 Å². The van der Waals surface area contributed by atoms with Crippen molar-refractivity contribution in [3.05, 3.63) is 65.7 Å². The van der Waals surface area contributed by atoms with Crippen molar-refractivity contribution in [3.8, 4) is 5.75 Å². The van der Waals surface area contributed by atoms with Gasteiger partial charge in [-0.15, -0.1) is 8.78 Å². The maximum Gasteiger partial charge on any atom is 0.532 e. The molecule has 25 heavy (non-hydrogen) atoms. The number of hydrogen-bond donors (Lipinski definition) is 1. The van der Waals surface area contributed by atoms with E-state index in [0.29, 0.717) is 24.3 Å². The zero-order valence-electron chi connectivity index (χ0n) is 12.1. The van der Waals surface area contributed by atoms with Crippen LogP contribution in [0.15, 0.2) is 48.5 Å². The van der Waals surface area contributed by atoms with Crippen molar-refractivity contribution in [1.82, 2.24) is 0 Å². The molecule has 2 aromatic carbocycles. The predicted molar refractivity (Wildman–Crippen MR) is 70.5 cm³/mol. The Kier molecular flexibility index (Phi) is 6.74. The fourth-order valence-electron chi connectivity index (χ4n) is 1.47. The molecule has 0 aliphatic carbocycles. The molecule has 0 fully saturated rings. The van der Waals surface area contributed by atoms with Gasteiger partial charge in [0, 0.05) is 11.6 Å². The molecule has 10 heteroatoms. The van der Waals surface area contributed by atoms with Crippen LogP contribution in [0.25, 0.3) is 0 Å². The average Bonchev–Trinajstić information content (AvgIpc) is 2.46. The van der Waals surface area contributed by atoms with Crippen LogP contribution in [-0.2, 0) is 5.92 Å². The van der Waals surface area contributed by atoms with E-state index in [1.54, 1.807) is 0 Å². The van der Waals surface area contributed by atoms with Gasteiger partial charge in [-0.25, -0.2) is 17.6 Å². The largest absolute Gasteiger partial charge is 0.532 e. The third-order valence-corrected chi connectivity index (χ3v) is 2.54. The van der Waals surface area contributed by atoms with Crippen molar-refractivity contribution >= 4 is 0 Å². The van der Waals surface area contributed by atoms with Crippen molar-refractivity contribution in [2.24, 2.45) is 0 Å². The summed E-state index contributed by atoms with van der Waals surface area (Å²) in [6.45, 7) is 0. The van der Waals surface area contributed by atoms with Crippen LogP contribution in [0.5, 0.6) is 5.75 Å². The van der Waals surface area contributed by atoms with E-state index in [1.807, 2.05) is 0 Å². The monoisotopic (exact) mass is 374 g/mol. The lowest BCUT2D eigenvalue weighted by molar-refractivity contribution is -0.327. The molecular weight excluding hydrogens is 364 g/mol. The van der Waals surface area contributed by atoms with Gasteiger partial charge in [0.05, 0.1) is 0 Å². The molecule has 0 aromatic heterocycles. The minimum Gasteiger partial charge on any atom is -0.409 e. The first kappa shape index (κ1) is 20.7. The summed E-state index contributed by atoms with van der Waals surface area (Å²) in [5.74, 6) is -6.10. The maximum absolute atomic E-state index is 12.5. The van der Waals surface area contributed by atoms with Gasteiger partial charge in [0.2, 0.25) is 0 Å². The number of benzene rings is 2. The van der Waals surface area contributed by atoms with Crippen molar-refractivity contribution in [3.63, 3.8) is 0 Å². The molecule has 0 atom stereocenters. The topological polar surface area (TPSA) is 29.5 Å². The first-order chi connectivity index (χ1) is 11.4. The zero-order valence-corrected chi connectivity index (χ0v) is 12.1. The summed E-state index contributed by atoms with van der Waals surface area (Å²) in [4.78, 5) is 0. The van der Waals surface area contributed by atoms with E-state index >= 15 is 0 Å². The molecule has 0 aliphatic heterocycles. The Morgan fingerprint density at radius 2 is 1.40 bits per heavy atom. The summed E-state index contributed by atoms with van der Waals surface area (Å²) in [5, 5.41) is 7.88. The highest BCUT2D eigenvalue weighted by atomic mass is 19.3. The maximum atomic E-state index is 12.5. The lowest BCUT2D eigenvalue weighted by Gasteiger charge is -2.14. The molecule has 2 aromatic rings. The van der Waals surface area contributed by atoms with Crippen LogP contribution < -0.4 is 4.74 Å². The number of halogens is 8. The number of rotatable bonds is 4. The summed E-state index contributed by atoms with van der Waals surface area (Å²) in [6.07, 6.45) is -8.05. The van der Waals surface area contributed by atoms with Crippen LogP contribution >= 0.6 is 0 Å². The fraction of sp³-hybridized carbons (Fsp3) is 0.200. The molecule has 2 nitrogen and oxygen atoms in total. The summed E-state index contributed by atoms with van der Waals surface area (Å²) in [6, 6.07) is 6.82. The van der Waals surface area contributed by atoms with E-state index in [9.17, 15) is 35.1 Å². The Morgan fingerprint density at radius 1 is 0.840 bits per heavy atom. The fourth-order valence-corrected chi connectivity index (χ4v) is 1.47. The predicted octanol–water partition coefficient (Wildman–Crippen LogP) is 4.93. The molecule has 0 amide bonds. The Labute approximate surface area is 136 Å². The second-order valence-corrected chi connectivity index (χ2v) is 4.48. The highest BCUT2D eigenvalue weighted by Crippen LogP contribution is 2.34. The molecule has 0 aliphatic rings. The van der Waals surface area contributed by atoms with Gasteiger partial charge in [-0.05, 0) is 36.4 Å². The lowest BCUT2D eigenvalue weighted by atomic mass is 10.1. The van der Waals surface area contributed by atoms with E-state index in [-0.39, 0.29) is 0 Å². The van der Waals surface area contributed by atoms with Gasteiger partial charge >= 0.3 is 18.6 Å².